The summed E-state index contributed by atoms with van der Waals surface area (Å²) in [6, 6.07) is 3.22. The molecule has 0 aliphatic heterocycles. The number of hydrogen-bond donors (Lipinski definition) is 0. The Morgan fingerprint density at radius 3 is 2.47 bits per heavy atom. The van der Waals surface area contributed by atoms with Gasteiger partial charge in [0.15, 0.2) is 11.6 Å². The Morgan fingerprint density at radius 2 is 1.95 bits per heavy atom. The van der Waals surface area contributed by atoms with E-state index in [1.807, 2.05) is 0 Å². The molecular formula is C11H10F4O4. The zero-order chi connectivity index (χ0) is 14.5. The van der Waals surface area contributed by atoms with Gasteiger partial charge in [-0.2, -0.15) is 0 Å². The van der Waals surface area contributed by atoms with Crippen LogP contribution in [0.3, 0.4) is 0 Å². The van der Waals surface area contributed by atoms with Gasteiger partial charge in [-0.05, 0) is 18.2 Å². The van der Waals surface area contributed by atoms with Gasteiger partial charge in [-0.1, -0.05) is 0 Å². The molecule has 8 heteroatoms. The van der Waals surface area contributed by atoms with Gasteiger partial charge in [0.05, 0.1) is 19.3 Å². The van der Waals surface area contributed by atoms with Crippen molar-refractivity contribution in [3.05, 3.63) is 29.6 Å². The summed E-state index contributed by atoms with van der Waals surface area (Å²) in [6.07, 6.45) is -4.75. The number of methoxy groups -OCH3 is 1. The minimum atomic E-state index is -4.75. The van der Waals surface area contributed by atoms with Crippen molar-refractivity contribution in [3.8, 4) is 5.75 Å². The van der Waals surface area contributed by atoms with E-state index in [1.54, 1.807) is 0 Å². The topological polar surface area (TPSA) is 44.8 Å². The van der Waals surface area contributed by atoms with E-state index in [2.05, 4.69) is 9.47 Å². The molecule has 0 aliphatic carbocycles. The minimum absolute atomic E-state index is 0.0288. The molecule has 0 bridgehead atoms. The Morgan fingerprint density at radius 1 is 1.26 bits per heavy atom. The number of rotatable bonds is 5. The maximum Gasteiger partial charge on any atom is 0.522 e. The van der Waals surface area contributed by atoms with Crippen LogP contribution in [0.25, 0.3) is 0 Å². The standard InChI is InChI=1S/C11H10F4O4/c1-17-10(16)7-2-3-9(8(12)6-7)18-4-5-19-11(13,14)15/h2-3,6H,4-5H2,1H3. The van der Waals surface area contributed by atoms with E-state index in [0.29, 0.717) is 0 Å². The van der Waals surface area contributed by atoms with E-state index < -0.39 is 31.4 Å². The molecule has 4 nitrogen and oxygen atoms in total. The van der Waals surface area contributed by atoms with Gasteiger partial charge in [0.1, 0.15) is 6.61 Å². The number of ether oxygens (including phenoxy) is 3. The maximum absolute atomic E-state index is 13.4. The molecule has 0 unspecified atom stereocenters. The van der Waals surface area contributed by atoms with Crippen molar-refractivity contribution in [1.82, 2.24) is 0 Å². The zero-order valence-electron chi connectivity index (χ0n) is 9.79. The highest BCUT2D eigenvalue weighted by Gasteiger charge is 2.28. The first-order valence-electron chi connectivity index (χ1n) is 5.05. The second kappa shape index (κ2) is 6.37. The lowest BCUT2D eigenvalue weighted by Crippen LogP contribution is -2.18. The second-order valence-corrected chi connectivity index (χ2v) is 3.28. The molecule has 0 heterocycles. The van der Waals surface area contributed by atoms with Gasteiger partial charge in [0, 0.05) is 0 Å². The van der Waals surface area contributed by atoms with Gasteiger partial charge < -0.3 is 9.47 Å². The highest BCUT2D eigenvalue weighted by atomic mass is 19.4. The summed E-state index contributed by atoms with van der Waals surface area (Å²) in [5.41, 5.74) is -0.0288. The van der Waals surface area contributed by atoms with Crippen LogP contribution in [-0.2, 0) is 9.47 Å². The Kier molecular flexibility index (Phi) is 5.11. The lowest BCUT2D eigenvalue weighted by molar-refractivity contribution is -0.325. The summed E-state index contributed by atoms with van der Waals surface area (Å²) in [5.74, 6) is -1.89. The van der Waals surface area contributed by atoms with Crippen molar-refractivity contribution in [2.45, 2.75) is 6.36 Å². The fourth-order valence-corrected chi connectivity index (χ4v) is 1.17. The fraction of sp³-hybridized carbons (Fsp3) is 0.364. The van der Waals surface area contributed by atoms with Crippen LogP contribution in [0.5, 0.6) is 5.75 Å². The predicted octanol–water partition coefficient (Wildman–Crippen LogP) is 2.53. The molecule has 106 valence electrons. The van der Waals surface area contributed by atoms with Gasteiger partial charge in [0.25, 0.3) is 0 Å². The Labute approximate surface area is 105 Å². The first-order valence-corrected chi connectivity index (χ1v) is 5.05. The summed E-state index contributed by atoms with van der Waals surface area (Å²) in [4.78, 5) is 11.1. The lowest BCUT2D eigenvalue weighted by Gasteiger charge is -2.10. The van der Waals surface area contributed by atoms with Crippen LogP contribution in [0, 0.1) is 5.82 Å². The molecule has 0 N–H and O–H groups in total. The molecule has 0 fully saturated rings. The van der Waals surface area contributed by atoms with Gasteiger partial charge in [-0.25, -0.2) is 9.18 Å². The average molecular weight is 282 g/mol. The van der Waals surface area contributed by atoms with E-state index in [9.17, 15) is 22.4 Å². The lowest BCUT2D eigenvalue weighted by atomic mass is 10.2. The van der Waals surface area contributed by atoms with Gasteiger partial charge in [-0.3, -0.25) is 4.74 Å². The first-order chi connectivity index (χ1) is 8.83. The van der Waals surface area contributed by atoms with Crippen LogP contribution >= 0.6 is 0 Å². The number of hydrogen-bond acceptors (Lipinski definition) is 4. The third-order valence-corrected chi connectivity index (χ3v) is 1.96. The Balaban J connectivity index is 2.54. The molecule has 1 rings (SSSR count). The van der Waals surface area contributed by atoms with Crippen molar-refractivity contribution >= 4 is 5.97 Å². The third-order valence-electron chi connectivity index (χ3n) is 1.96. The number of carbonyl (C=O) groups excluding carboxylic acids is 1. The molecule has 0 saturated heterocycles. The third kappa shape index (κ3) is 5.12. The number of halogens is 4. The SMILES string of the molecule is COC(=O)c1ccc(OCCOC(F)(F)F)c(F)c1. The quantitative estimate of drug-likeness (QED) is 0.473. The van der Waals surface area contributed by atoms with Crippen molar-refractivity contribution < 1.29 is 36.6 Å². The first kappa shape index (κ1) is 15.2. The van der Waals surface area contributed by atoms with Crippen LogP contribution in [0.2, 0.25) is 0 Å². The largest absolute Gasteiger partial charge is 0.522 e. The van der Waals surface area contributed by atoms with Crippen molar-refractivity contribution in [3.63, 3.8) is 0 Å². The molecule has 1 aromatic rings. The molecule has 0 spiro atoms. The minimum Gasteiger partial charge on any atom is -0.488 e. The van der Waals surface area contributed by atoms with Crippen molar-refractivity contribution in [1.29, 1.82) is 0 Å². The van der Waals surface area contributed by atoms with Crippen LogP contribution in [0.1, 0.15) is 10.4 Å². The summed E-state index contributed by atoms with van der Waals surface area (Å²) in [5, 5.41) is 0. The molecule has 0 aliphatic rings. The Hall–Kier alpha value is -1.83. The number of carbonyl (C=O) groups is 1. The second-order valence-electron chi connectivity index (χ2n) is 3.28. The number of benzene rings is 1. The average Bonchev–Trinajstić information content (AvgIpc) is 2.33. The van der Waals surface area contributed by atoms with Gasteiger partial charge in [0.2, 0.25) is 0 Å². The van der Waals surface area contributed by atoms with E-state index in [4.69, 9.17) is 4.74 Å². The summed E-state index contributed by atoms with van der Waals surface area (Å²) in [6.45, 7) is -1.24. The van der Waals surface area contributed by atoms with Crippen LogP contribution in [0.15, 0.2) is 18.2 Å². The van der Waals surface area contributed by atoms with E-state index >= 15 is 0 Å². The summed E-state index contributed by atoms with van der Waals surface area (Å²) in [7, 11) is 1.14. The van der Waals surface area contributed by atoms with E-state index in [0.717, 1.165) is 19.2 Å². The van der Waals surface area contributed by atoms with E-state index in [-0.39, 0.29) is 11.3 Å². The predicted molar refractivity (Wildman–Crippen MR) is 55.2 cm³/mol. The molecule has 0 atom stereocenters. The molecule has 1 aromatic carbocycles. The maximum atomic E-state index is 13.4. The normalized spacial score (nSPS) is 11.2. The molecular weight excluding hydrogens is 272 g/mol. The fourth-order valence-electron chi connectivity index (χ4n) is 1.17. The van der Waals surface area contributed by atoms with E-state index in [1.165, 1.54) is 6.07 Å². The number of alkyl halides is 3. The molecule has 0 saturated carbocycles. The highest BCUT2D eigenvalue weighted by molar-refractivity contribution is 5.89. The summed E-state index contributed by atoms with van der Waals surface area (Å²) >= 11 is 0. The smallest absolute Gasteiger partial charge is 0.488 e. The molecule has 0 radical (unpaired) electrons. The van der Waals surface area contributed by atoms with Crippen molar-refractivity contribution in [2.24, 2.45) is 0 Å². The van der Waals surface area contributed by atoms with Crippen molar-refractivity contribution in [2.75, 3.05) is 20.3 Å². The van der Waals surface area contributed by atoms with Gasteiger partial charge in [-0.15, -0.1) is 13.2 Å². The molecule has 0 amide bonds. The molecule has 19 heavy (non-hydrogen) atoms. The summed E-state index contributed by atoms with van der Waals surface area (Å²) < 4.78 is 60.9. The monoisotopic (exact) mass is 282 g/mol. The van der Waals surface area contributed by atoms with Crippen LogP contribution in [0.4, 0.5) is 17.6 Å². The van der Waals surface area contributed by atoms with Gasteiger partial charge >= 0.3 is 12.3 Å². The van der Waals surface area contributed by atoms with Crippen LogP contribution < -0.4 is 4.74 Å². The molecule has 0 aromatic heterocycles. The highest BCUT2D eigenvalue weighted by Crippen LogP contribution is 2.19. The Bertz CT molecular complexity index is 445. The number of esters is 1. The van der Waals surface area contributed by atoms with Crippen LogP contribution in [-0.4, -0.2) is 32.7 Å². The zero-order valence-corrected chi connectivity index (χ0v) is 9.79.